The van der Waals surface area contributed by atoms with Crippen molar-refractivity contribution >= 4 is 16.8 Å². The average molecular weight is 453 g/mol. The maximum Gasteiger partial charge on any atom is 0.270 e. The standard InChI is InChI=1S/C27H28N6O/c1-28-20-15-27(16-20)8-11-33(17-27)26(34)24-14-19-12-18(5-6-21(19)31-24)13-25-30-10-7-23(32-25)22-4-2-3-9-29-22/h2-7,9-10,12,14,20,28,31H,8,11,13,15-17H2,1H3. The summed E-state index contributed by atoms with van der Waals surface area (Å²) in [6.07, 6.45) is 7.62. The highest BCUT2D eigenvalue weighted by molar-refractivity contribution is 5.98. The Labute approximate surface area is 198 Å². The maximum absolute atomic E-state index is 13.2. The van der Waals surface area contributed by atoms with Gasteiger partial charge in [0.15, 0.2) is 0 Å². The first-order valence-electron chi connectivity index (χ1n) is 11.9. The van der Waals surface area contributed by atoms with Gasteiger partial charge in [-0.15, -0.1) is 0 Å². The summed E-state index contributed by atoms with van der Waals surface area (Å²) in [6.45, 7) is 1.72. The van der Waals surface area contributed by atoms with Crippen LogP contribution >= 0.6 is 0 Å². The van der Waals surface area contributed by atoms with E-state index in [0.717, 1.165) is 53.2 Å². The summed E-state index contributed by atoms with van der Waals surface area (Å²) in [4.78, 5) is 32.1. The van der Waals surface area contributed by atoms with E-state index in [4.69, 9.17) is 4.98 Å². The van der Waals surface area contributed by atoms with Gasteiger partial charge < -0.3 is 15.2 Å². The van der Waals surface area contributed by atoms with Crippen LogP contribution in [0.2, 0.25) is 0 Å². The SMILES string of the molecule is CNC1CC2(CCN(C(=O)c3cc4cc(Cc5nccc(-c6ccccn6)n5)ccc4[nH]3)C2)C1. The van der Waals surface area contributed by atoms with Crippen LogP contribution in [0, 0.1) is 5.41 Å². The maximum atomic E-state index is 13.2. The molecule has 1 amide bonds. The summed E-state index contributed by atoms with van der Waals surface area (Å²) in [7, 11) is 2.03. The molecule has 6 rings (SSSR count). The molecule has 34 heavy (non-hydrogen) atoms. The van der Waals surface area contributed by atoms with Crippen LogP contribution in [-0.2, 0) is 6.42 Å². The number of rotatable bonds is 5. The molecule has 7 heteroatoms. The molecule has 0 unspecified atom stereocenters. The molecule has 172 valence electrons. The summed E-state index contributed by atoms with van der Waals surface area (Å²) < 4.78 is 0. The van der Waals surface area contributed by atoms with Gasteiger partial charge in [-0.1, -0.05) is 12.1 Å². The molecule has 1 saturated carbocycles. The van der Waals surface area contributed by atoms with Crippen LogP contribution in [-0.4, -0.2) is 56.9 Å². The molecule has 0 bridgehead atoms. The number of aromatic amines is 1. The molecule has 1 spiro atoms. The number of nitrogens with zero attached hydrogens (tertiary/aromatic N) is 4. The third kappa shape index (κ3) is 3.86. The molecule has 1 aliphatic carbocycles. The van der Waals surface area contributed by atoms with Crippen molar-refractivity contribution in [2.45, 2.75) is 31.7 Å². The van der Waals surface area contributed by atoms with E-state index in [2.05, 4.69) is 32.4 Å². The zero-order chi connectivity index (χ0) is 23.1. The first kappa shape index (κ1) is 21.0. The third-order valence-corrected chi connectivity index (χ3v) is 7.40. The van der Waals surface area contributed by atoms with Crippen molar-refractivity contribution in [2.24, 2.45) is 5.41 Å². The Hall–Kier alpha value is -3.58. The predicted octanol–water partition coefficient (Wildman–Crippen LogP) is 3.82. The molecule has 7 nitrogen and oxygen atoms in total. The summed E-state index contributed by atoms with van der Waals surface area (Å²) in [5.74, 6) is 0.853. The third-order valence-electron chi connectivity index (χ3n) is 7.40. The second-order valence-electron chi connectivity index (χ2n) is 9.73. The molecule has 2 aliphatic rings. The smallest absolute Gasteiger partial charge is 0.270 e. The second-order valence-corrected chi connectivity index (χ2v) is 9.73. The van der Waals surface area contributed by atoms with E-state index in [-0.39, 0.29) is 5.91 Å². The van der Waals surface area contributed by atoms with Crippen LogP contribution in [0.15, 0.2) is 60.9 Å². The molecule has 2 fully saturated rings. The molecule has 1 saturated heterocycles. The minimum Gasteiger partial charge on any atom is -0.351 e. The Kier molecular flexibility index (Phi) is 5.14. The van der Waals surface area contributed by atoms with Crippen molar-refractivity contribution in [3.8, 4) is 11.4 Å². The molecule has 3 aromatic heterocycles. The predicted molar refractivity (Wildman–Crippen MR) is 131 cm³/mol. The summed E-state index contributed by atoms with van der Waals surface area (Å²) >= 11 is 0. The number of fused-ring (bicyclic) bond motifs is 1. The Morgan fingerprint density at radius 3 is 2.85 bits per heavy atom. The molecule has 2 N–H and O–H groups in total. The van der Waals surface area contributed by atoms with E-state index < -0.39 is 0 Å². The largest absolute Gasteiger partial charge is 0.351 e. The van der Waals surface area contributed by atoms with Gasteiger partial charge in [-0.25, -0.2) is 9.97 Å². The highest BCUT2D eigenvalue weighted by Crippen LogP contribution is 2.48. The van der Waals surface area contributed by atoms with Gasteiger partial charge in [0.25, 0.3) is 5.91 Å². The zero-order valence-electron chi connectivity index (χ0n) is 19.3. The molecule has 0 atom stereocenters. The molecular weight excluding hydrogens is 424 g/mol. The van der Waals surface area contributed by atoms with Crippen molar-refractivity contribution < 1.29 is 4.79 Å². The zero-order valence-corrected chi connectivity index (χ0v) is 19.3. The summed E-state index contributed by atoms with van der Waals surface area (Å²) in [5, 5.41) is 4.39. The number of carbonyl (C=O) groups excluding carboxylic acids is 1. The number of H-pyrrole nitrogens is 1. The normalized spacial score (nSPS) is 21.8. The second kappa shape index (κ2) is 8.33. The van der Waals surface area contributed by atoms with Crippen molar-refractivity contribution in [1.82, 2.24) is 30.2 Å². The molecule has 4 aromatic rings. The molecule has 0 radical (unpaired) electrons. The van der Waals surface area contributed by atoms with Gasteiger partial charge in [-0.3, -0.25) is 9.78 Å². The van der Waals surface area contributed by atoms with Crippen molar-refractivity contribution in [3.05, 3.63) is 78.0 Å². The van der Waals surface area contributed by atoms with Gasteiger partial charge in [-0.2, -0.15) is 0 Å². The highest BCUT2D eigenvalue weighted by Gasteiger charge is 2.49. The van der Waals surface area contributed by atoms with E-state index in [1.54, 1.807) is 12.4 Å². The van der Waals surface area contributed by atoms with Crippen LogP contribution in [0.25, 0.3) is 22.3 Å². The fraction of sp³-hybridized carbons (Fsp3) is 0.333. The lowest BCUT2D eigenvalue weighted by Crippen LogP contribution is -2.49. The highest BCUT2D eigenvalue weighted by atomic mass is 16.2. The lowest BCUT2D eigenvalue weighted by Gasteiger charge is -2.45. The van der Waals surface area contributed by atoms with Crippen molar-refractivity contribution in [2.75, 3.05) is 20.1 Å². The summed E-state index contributed by atoms with van der Waals surface area (Å²) in [5.41, 5.74) is 4.73. The Bertz CT molecular complexity index is 1340. The number of nitrogens with one attached hydrogen (secondary N) is 2. The van der Waals surface area contributed by atoms with E-state index in [0.29, 0.717) is 23.6 Å². The monoisotopic (exact) mass is 452 g/mol. The number of carbonyl (C=O) groups is 1. The topological polar surface area (TPSA) is 86.8 Å². The first-order chi connectivity index (χ1) is 16.6. The lowest BCUT2D eigenvalue weighted by molar-refractivity contribution is 0.0667. The van der Waals surface area contributed by atoms with Crippen LogP contribution in [0.1, 0.15) is 41.1 Å². The molecule has 1 aromatic carbocycles. The van der Waals surface area contributed by atoms with Crippen LogP contribution in [0.4, 0.5) is 0 Å². The Morgan fingerprint density at radius 2 is 2.03 bits per heavy atom. The fourth-order valence-electron chi connectivity index (χ4n) is 5.53. The number of hydrogen-bond donors (Lipinski definition) is 2. The van der Waals surface area contributed by atoms with E-state index in [1.807, 2.05) is 48.3 Å². The van der Waals surface area contributed by atoms with Crippen LogP contribution < -0.4 is 5.32 Å². The molecular formula is C27H28N6O. The molecule has 4 heterocycles. The number of hydrogen-bond acceptors (Lipinski definition) is 5. The lowest BCUT2D eigenvalue weighted by atomic mass is 9.65. The number of likely N-dealkylation sites (tertiary alicyclic amines) is 1. The number of aromatic nitrogens is 4. The van der Waals surface area contributed by atoms with Crippen molar-refractivity contribution in [1.29, 1.82) is 0 Å². The fourth-order valence-corrected chi connectivity index (χ4v) is 5.53. The molecule has 1 aliphatic heterocycles. The van der Waals surface area contributed by atoms with Gasteiger partial charge in [0.05, 0.1) is 11.4 Å². The number of benzene rings is 1. The van der Waals surface area contributed by atoms with E-state index in [9.17, 15) is 4.79 Å². The van der Waals surface area contributed by atoms with Gasteiger partial charge in [-0.05, 0) is 73.7 Å². The Morgan fingerprint density at radius 1 is 1.12 bits per heavy atom. The van der Waals surface area contributed by atoms with E-state index in [1.165, 1.54) is 12.8 Å². The van der Waals surface area contributed by atoms with Crippen LogP contribution in [0.3, 0.4) is 0 Å². The van der Waals surface area contributed by atoms with Gasteiger partial charge >= 0.3 is 0 Å². The summed E-state index contributed by atoms with van der Waals surface area (Å²) in [6, 6.07) is 16.5. The van der Waals surface area contributed by atoms with E-state index >= 15 is 0 Å². The van der Waals surface area contributed by atoms with Gasteiger partial charge in [0, 0.05) is 48.8 Å². The van der Waals surface area contributed by atoms with Gasteiger partial charge in [0.2, 0.25) is 0 Å². The van der Waals surface area contributed by atoms with Crippen LogP contribution in [0.5, 0.6) is 0 Å². The first-order valence-corrected chi connectivity index (χ1v) is 11.9. The van der Waals surface area contributed by atoms with Gasteiger partial charge in [0.1, 0.15) is 11.5 Å². The minimum absolute atomic E-state index is 0.105. The number of amides is 1. The average Bonchev–Trinajstić information content (AvgIpc) is 3.48. The Balaban J connectivity index is 1.18. The van der Waals surface area contributed by atoms with Crippen molar-refractivity contribution in [3.63, 3.8) is 0 Å². The minimum atomic E-state index is 0.105. The number of pyridine rings is 1. The quantitative estimate of drug-likeness (QED) is 0.481.